The monoisotopic (exact) mass is 279 g/mol. The van der Waals surface area contributed by atoms with Crippen LogP contribution in [0.25, 0.3) is 0 Å². The summed E-state index contributed by atoms with van der Waals surface area (Å²) in [6.07, 6.45) is 1.64. The van der Waals surface area contributed by atoms with Crippen LogP contribution in [0.5, 0.6) is 0 Å². The molecule has 0 aromatic carbocycles. The summed E-state index contributed by atoms with van der Waals surface area (Å²) in [6, 6.07) is 0.473. The minimum atomic E-state index is -3.31. The smallest absolute Gasteiger partial charge is 0.281 e. The van der Waals surface area contributed by atoms with Gasteiger partial charge in [0.2, 0.25) is 0 Å². The van der Waals surface area contributed by atoms with Crippen LogP contribution in [-0.4, -0.2) is 56.3 Å². The highest BCUT2D eigenvalue weighted by Crippen LogP contribution is 2.10. The van der Waals surface area contributed by atoms with Crippen LogP contribution < -0.4 is 5.32 Å². The first kappa shape index (κ1) is 17.8. The van der Waals surface area contributed by atoms with E-state index in [0.29, 0.717) is 12.6 Å². The predicted octanol–water partition coefficient (Wildman–Crippen LogP) is 1.28. The molecule has 0 aliphatic heterocycles. The largest absolute Gasteiger partial charge is 0.314 e. The van der Waals surface area contributed by atoms with Crippen molar-refractivity contribution in [3.63, 3.8) is 0 Å². The Morgan fingerprint density at radius 2 is 1.72 bits per heavy atom. The maximum Gasteiger partial charge on any atom is 0.281 e. The van der Waals surface area contributed by atoms with Gasteiger partial charge < -0.3 is 5.32 Å². The van der Waals surface area contributed by atoms with Gasteiger partial charge in [-0.05, 0) is 26.3 Å². The molecule has 0 aliphatic carbocycles. The molecule has 18 heavy (non-hydrogen) atoms. The van der Waals surface area contributed by atoms with Crippen LogP contribution in [0.2, 0.25) is 0 Å². The molecule has 0 spiro atoms. The molecular weight excluding hydrogens is 250 g/mol. The van der Waals surface area contributed by atoms with Crippen molar-refractivity contribution in [2.24, 2.45) is 0 Å². The summed E-state index contributed by atoms with van der Waals surface area (Å²) >= 11 is 0. The van der Waals surface area contributed by atoms with Gasteiger partial charge in [0.05, 0.1) is 0 Å². The summed E-state index contributed by atoms with van der Waals surface area (Å²) in [5.74, 6) is 0. The van der Waals surface area contributed by atoms with Crippen molar-refractivity contribution in [2.45, 2.75) is 52.6 Å². The second-order valence-electron chi connectivity index (χ2n) is 5.07. The lowest BCUT2D eigenvalue weighted by atomic mass is 10.3. The third kappa shape index (κ3) is 5.65. The van der Waals surface area contributed by atoms with Crippen LogP contribution in [-0.2, 0) is 10.2 Å². The summed E-state index contributed by atoms with van der Waals surface area (Å²) in [4.78, 5) is 0. The van der Waals surface area contributed by atoms with Crippen LogP contribution in [0.4, 0.5) is 0 Å². The van der Waals surface area contributed by atoms with Crippen molar-refractivity contribution in [1.82, 2.24) is 13.9 Å². The van der Waals surface area contributed by atoms with Crippen LogP contribution >= 0.6 is 0 Å². The summed E-state index contributed by atoms with van der Waals surface area (Å²) in [5, 5.41) is 3.28. The van der Waals surface area contributed by atoms with E-state index in [-0.39, 0.29) is 6.04 Å². The van der Waals surface area contributed by atoms with Crippen LogP contribution in [0.1, 0.15) is 40.5 Å². The summed E-state index contributed by atoms with van der Waals surface area (Å²) < 4.78 is 27.3. The van der Waals surface area contributed by atoms with Crippen molar-refractivity contribution < 1.29 is 8.42 Å². The minimum absolute atomic E-state index is 0.0336. The molecule has 0 rings (SSSR count). The second kappa shape index (κ2) is 8.09. The van der Waals surface area contributed by atoms with E-state index in [9.17, 15) is 8.42 Å². The third-order valence-corrected chi connectivity index (χ3v) is 5.23. The molecule has 0 bridgehead atoms. The SMILES string of the molecule is CCC(C)N(C)S(=O)(=O)N(C)CCCNC(C)C. The van der Waals surface area contributed by atoms with E-state index in [2.05, 4.69) is 19.2 Å². The number of nitrogens with zero attached hydrogens (tertiary/aromatic N) is 2. The molecule has 0 radical (unpaired) electrons. The fraction of sp³-hybridized carbons (Fsp3) is 1.00. The number of hydrogen-bond donors (Lipinski definition) is 1. The molecular formula is C12H29N3O2S. The molecule has 0 aromatic heterocycles. The molecule has 0 aromatic rings. The van der Waals surface area contributed by atoms with Gasteiger partial charge in [0, 0.05) is 32.7 Å². The lowest BCUT2D eigenvalue weighted by Gasteiger charge is -2.28. The van der Waals surface area contributed by atoms with Crippen LogP contribution in [0.15, 0.2) is 0 Å². The molecule has 0 amide bonds. The Kier molecular flexibility index (Phi) is 8.02. The highest BCUT2D eigenvalue weighted by molar-refractivity contribution is 7.86. The molecule has 1 N–H and O–H groups in total. The zero-order valence-electron chi connectivity index (χ0n) is 12.6. The Balaban J connectivity index is 4.26. The molecule has 0 aliphatic rings. The molecule has 5 nitrogen and oxygen atoms in total. The van der Waals surface area contributed by atoms with Gasteiger partial charge >= 0.3 is 0 Å². The fourth-order valence-corrected chi connectivity index (χ4v) is 2.92. The summed E-state index contributed by atoms with van der Waals surface area (Å²) in [7, 11) is -0.0245. The van der Waals surface area contributed by atoms with E-state index in [0.717, 1.165) is 19.4 Å². The number of rotatable bonds is 9. The van der Waals surface area contributed by atoms with Gasteiger partial charge in [-0.15, -0.1) is 0 Å². The molecule has 0 saturated carbocycles. The van der Waals surface area contributed by atoms with Crippen molar-refractivity contribution >= 4 is 10.2 Å². The Morgan fingerprint density at radius 3 is 2.17 bits per heavy atom. The van der Waals surface area contributed by atoms with E-state index in [1.54, 1.807) is 14.1 Å². The zero-order chi connectivity index (χ0) is 14.3. The Morgan fingerprint density at radius 1 is 1.17 bits per heavy atom. The van der Waals surface area contributed by atoms with E-state index < -0.39 is 10.2 Å². The quantitative estimate of drug-likeness (QED) is 0.647. The van der Waals surface area contributed by atoms with Crippen molar-refractivity contribution in [3.05, 3.63) is 0 Å². The van der Waals surface area contributed by atoms with Gasteiger partial charge in [-0.3, -0.25) is 0 Å². The van der Waals surface area contributed by atoms with Crippen LogP contribution in [0, 0.1) is 0 Å². The summed E-state index contributed by atoms with van der Waals surface area (Å²) in [5.41, 5.74) is 0. The molecule has 110 valence electrons. The van der Waals surface area contributed by atoms with Crippen LogP contribution in [0.3, 0.4) is 0 Å². The first-order valence-corrected chi connectivity index (χ1v) is 8.05. The Hall–Kier alpha value is -0.170. The lowest BCUT2D eigenvalue weighted by molar-refractivity contribution is 0.336. The molecule has 0 fully saturated rings. The average molecular weight is 279 g/mol. The maximum absolute atomic E-state index is 12.2. The van der Waals surface area contributed by atoms with Gasteiger partial charge in [-0.25, -0.2) is 0 Å². The highest BCUT2D eigenvalue weighted by Gasteiger charge is 2.26. The second-order valence-corrected chi connectivity index (χ2v) is 7.16. The first-order valence-electron chi connectivity index (χ1n) is 6.66. The first-order chi connectivity index (χ1) is 8.23. The van der Waals surface area contributed by atoms with Gasteiger partial charge in [0.15, 0.2) is 0 Å². The normalized spacial score (nSPS) is 14.7. The van der Waals surface area contributed by atoms with Gasteiger partial charge in [0.1, 0.15) is 0 Å². The van der Waals surface area contributed by atoms with Gasteiger partial charge in [-0.2, -0.15) is 17.0 Å². The van der Waals surface area contributed by atoms with E-state index in [4.69, 9.17) is 0 Å². The van der Waals surface area contributed by atoms with Gasteiger partial charge in [-0.1, -0.05) is 20.8 Å². The fourth-order valence-electron chi connectivity index (χ4n) is 1.51. The highest BCUT2D eigenvalue weighted by atomic mass is 32.2. The predicted molar refractivity (Wildman–Crippen MR) is 76.8 cm³/mol. The molecule has 0 saturated heterocycles. The topological polar surface area (TPSA) is 52.7 Å². The van der Waals surface area contributed by atoms with Crippen molar-refractivity contribution in [3.8, 4) is 0 Å². The number of nitrogens with one attached hydrogen (secondary N) is 1. The molecule has 6 heteroatoms. The summed E-state index contributed by atoms with van der Waals surface area (Å²) in [6.45, 7) is 9.46. The zero-order valence-corrected chi connectivity index (χ0v) is 13.4. The number of hydrogen-bond acceptors (Lipinski definition) is 3. The molecule has 1 unspecified atom stereocenters. The Bertz CT molecular complexity index is 317. The van der Waals surface area contributed by atoms with Crippen molar-refractivity contribution in [2.75, 3.05) is 27.2 Å². The lowest BCUT2D eigenvalue weighted by Crippen LogP contribution is -2.44. The molecule has 1 atom stereocenters. The van der Waals surface area contributed by atoms with Gasteiger partial charge in [0.25, 0.3) is 10.2 Å². The third-order valence-electron chi connectivity index (χ3n) is 3.17. The van der Waals surface area contributed by atoms with Crippen molar-refractivity contribution in [1.29, 1.82) is 0 Å². The van der Waals surface area contributed by atoms with E-state index in [1.807, 2.05) is 13.8 Å². The molecule has 0 heterocycles. The minimum Gasteiger partial charge on any atom is -0.314 e. The Labute approximate surface area is 113 Å². The average Bonchev–Trinajstić information content (AvgIpc) is 2.31. The van der Waals surface area contributed by atoms with E-state index >= 15 is 0 Å². The maximum atomic E-state index is 12.2. The standard InChI is InChI=1S/C12H29N3O2S/c1-7-12(4)15(6)18(16,17)14(5)10-8-9-13-11(2)3/h11-13H,7-10H2,1-6H3. The van der Waals surface area contributed by atoms with E-state index in [1.165, 1.54) is 8.61 Å².